The zero-order valence-electron chi connectivity index (χ0n) is 13.3. The zero-order valence-corrected chi connectivity index (χ0v) is 13.3. The summed E-state index contributed by atoms with van der Waals surface area (Å²) in [7, 11) is 0. The van der Waals surface area contributed by atoms with Gasteiger partial charge in [-0.25, -0.2) is 4.39 Å². The van der Waals surface area contributed by atoms with E-state index in [-0.39, 0.29) is 17.6 Å². The van der Waals surface area contributed by atoms with Gasteiger partial charge in [0.15, 0.2) is 0 Å². The van der Waals surface area contributed by atoms with Gasteiger partial charge in [-0.3, -0.25) is 9.59 Å². The lowest BCUT2D eigenvalue weighted by Crippen LogP contribution is -2.51. The molecule has 0 saturated carbocycles. The maximum atomic E-state index is 13.3. The van der Waals surface area contributed by atoms with Gasteiger partial charge in [-0.05, 0) is 50.8 Å². The first-order valence-electron chi connectivity index (χ1n) is 8.15. The second kappa shape index (κ2) is 6.14. The van der Waals surface area contributed by atoms with Crippen LogP contribution in [0.5, 0.6) is 0 Å². The van der Waals surface area contributed by atoms with Gasteiger partial charge in [-0.1, -0.05) is 12.1 Å². The molecule has 1 unspecified atom stereocenters. The van der Waals surface area contributed by atoms with Gasteiger partial charge in [-0.15, -0.1) is 0 Å². The van der Waals surface area contributed by atoms with Crippen molar-refractivity contribution in [1.82, 2.24) is 4.90 Å². The summed E-state index contributed by atoms with van der Waals surface area (Å²) in [4.78, 5) is 26.9. The number of rotatable bonds is 3. The molecule has 1 N–H and O–H groups in total. The Morgan fingerprint density at radius 3 is 2.96 bits per heavy atom. The molecule has 1 fully saturated rings. The van der Waals surface area contributed by atoms with Crippen molar-refractivity contribution in [3.8, 4) is 0 Å². The molecule has 23 heavy (non-hydrogen) atoms. The lowest BCUT2D eigenvalue weighted by molar-refractivity contribution is -0.138. The first-order valence-corrected chi connectivity index (χ1v) is 8.15. The Balaban J connectivity index is 1.91. The molecule has 5 heteroatoms. The van der Waals surface area contributed by atoms with E-state index in [1.165, 1.54) is 12.1 Å². The Labute approximate surface area is 135 Å². The zero-order chi connectivity index (χ0) is 16.4. The van der Waals surface area contributed by atoms with E-state index in [0.29, 0.717) is 25.1 Å². The third-order valence-corrected chi connectivity index (χ3v) is 4.83. The molecule has 0 bridgehead atoms. The van der Waals surface area contributed by atoms with Crippen molar-refractivity contribution in [3.63, 3.8) is 0 Å². The molecule has 2 amide bonds. The third-order valence-electron chi connectivity index (χ3n) is 4.83. The van der Waals surface area contributed by atoms with Crippen LogP contribution in [0.15, 0.2) is 36.0 Å². The minimum atomic E-state index is -0.672. The number of halogens is 1. The predicted molar refractivity (Wildman–Crippen MR) is 86.0 cm³/mol. The average Bonchev–Trinajstić information content (AvgIpc) is 2.55. The summed E-state index contributed by atoms with van der Waals surface area (Å²) in [5, 5.41) is 2.84. The van der Waals surface area contributed by atoms with Crippen LogP contribution >= 0.6 is 0 Å². The minimum absolute atomic E-state index is 0.0785. The number of allylic oxidation sites excluding steroid dienone is 1. The highest BCUT2D eigenvalue weighted by Gasteiger charge is 2.49. The van der Waals surface area contributed by atoms with E-state index in [4.69, 9.17) is 0 Å². The van der Waals surface area contributed by atoms with Crippen molar-refractivity contribution >= 4 is 17.5 Å². The fourth-order valence-corrected chi connectivity index (χ4v) is 3.68. The number of nitrogens with zero attached hydrogens (tertiary/aromatic N) is 1. The highest BCUT2D eigenvalue weighted by atomic mass is 19.1. The summed E-state index contributed by atoms with van der Waals surface area (Å²) in [5.41, 5.74) is 0.611. The van der Waals surface area contributed by atoms with Crippen molar-refractivity contribution in [2.45, 2.75) is 39.0 Å². The lowest BCUT2D eigenvalue weighted by Gasteiger charge is -2.45. The minimum Gasteiger partial charge on any atom is -0.325 e. The first kappa shape index (κ1) is 15.7. The lowest BCUT2D eigenvalue weighted by atomic mass is 9.69. The van der Waals surface area contributed by atoms with Gasteiger partial charge in [0.05, 0.1) is 5.41 Å². The van der Waals surface area contributed by atoms with Crippen LogP contribution in [0.1, 0.15) is 39.0 Å². The molecular weight excluding hydrogens is 295 g/mol. The van der Waals surface area contributed by atoms with Crippen molar-refractivity contribution in [2.24, 2.45) is 5.41 Å². The molecule has 1 atom stereocenters. The van der Waals surface area contributed by atoms with E-state index in [2.05, 4.69) is 5.32 Å². The largest absolute Gasteiger partial charge is 0.325 e. The van der Waals surface area contributed by atoms with E-state index >= 15 is 0 Å². The molecule has 0 radical (unpaired) electrons. The smallest absolute Gasteiger partial charge is 0.236 e. The number of piperidine rings is 1. The standard InChI is InChI=1S/C18H21FN2O2/c1-2-21-15-8-3-4-10-18(15,11-9-16(21)22)17(23)20-14-7-5-6-13(19)12-14/h5-8,12H,2-4,9-11H2,1H3,(H,20,23). The molecule has 2 aliphatic rings. The van der Waals surface area contributed by atoms with Gasteiger partial charge in [0.25, 0.3) is 0 Å². The van der Waals surface area contributed by atoms with Crippen LogP contribution < -0.4 is 5.32 Å². The second-order valence-electron chi connectivity index (χ2n) is 6.17. The number of fused-ring (bicyclic) bond motifs is 1. The van der Waals surface area contributed by atoms with Crippen LogP contribution in [0, 0.1) is 11.2 Å². The van der Waals surface area contributed by atoms with Gasteiger partial charge in [0, 0.05) is 24.4 Å². The number of carbonyl (C=O) groups is 2. The van der Waals surface area contributed by atoms with E-state index < -0.39 is 5.41 Å². The SMILES string of the molecule is CCN1C(=O)CCC2(C(=O)Nc3cccc(F)c3)CCCC=C12. The van der Waals surface area contributed by atoms with Crippen LogP contribution in [-0.4, -0.2) is 23.3 Å². The molecule has 1 saturated heterocycles. The highest BCUT2D eigenvalue weighted by molar-refractivity contribution is 5.99. The second-order valence-corrected chi connectivity index (χ2v) is 6.17. The number of hydrogen-bond donors (Lipinski definition) is 1. The highest BCUT2D eigenvalue weighted by Crippen LogP contribution is 2.47. The number of amides is 2. The Kier molecular flexibility index (Phi) is 4.20. The molecule has 1 aliphatic heterocycles. The van der Waals surface area contributed by atoms with Crippen LogP contribution in [0.4, 0.5) is 10.1 Å². The molecule has 0 aromatic heterocycles. The number of anilines is 1. The number of carbonyl (C=O) groups excluding carboxylic acids is 2. The fourth-order valence-electron chi connectivity index (χ4n) is 3.68. The van der Waals surface area contributed by atoms with E-state index in [1.54, 1.807) is 17.0 Å². The third kappa shape index (κ3) is 2.76. The number of benzene rings is 1. The molecule has 3 rings (SSSR count). The Bertz CT molecular complexity index is 671. The van der Waals surface area contributed by atoms with E-state index in [0.717, 1.165) is 25.0 Å². The molecular formula is C18H21FN2O2. The Hall–Kier alpha value is -2.17. The maximum Gasteiger partial charge on any atom is 0.236 e. The van der Waals surface area contributed by atoms with Crippen LogP contribution in [-0.2, 0) is 9.59 Å². The normalized spacial score (nSPS) is 24.0. The van der Waals surface area contributed by atoms with Crippen molar-refractivity contribution in [3.05, 3.63) is 41.9 Å². The van der Waals surface area contributed by atoms with Gasteiger partial charge in [-0.2, -0.15) is 0 Å². The average molecular weight is 316 g/mol. The Morgan fingerprint density at radius 2 is 2.22 bits per heavy atom. The van der Waals surface area contributed by atoms with Crippen LogP contribution in [0.3, 0.4) is 0 Å². The molecule has 1 aromatic rings. The first-order chi connectivity index (χ1) is 11.1. The van der Waals surface area contributed by atoms with Gasteiger partial charge in [0.1, 0.15) is 5.82 Å². The van der Waals surface area contributed by atoms with Gasteiger partial charge < -0.3 is 10.2 Å². The Morgan fingerprint density at radius 1 is 1.39 bits per heavy atom. The fraction of sp³-hybridized carbons (Fsp3) is 0.444. The van der Waals surface area contributed by atoms with Gasteiger partial charge in [0.2, 0.25) is 11.8 Å². The summed E-state index contributed by atoms with van der Waals surface area (Å²) in [6.07, 6.45) is 5.45. The van der Waals surface area contributed by atoms with Crippen LogP contribution in [0.25, 0.3) is 0 Å². The maximum absolute atomic E-state index is 13.3. The number of nitrogens with one attached hydrogen (secondary N) is 1. The molecule has 4 nitrogen and oxygen atoms in total. The quantitative estimate of drug-likeness (QED) is 0.928. The van der Waals surface area contributed by atoms with Gasteiger partial charge >= 0.3 is 0 Å². The van der Waals surface area contributed by atoms with E-state index in [9.17, 15) is 14.0 Å². The number of likely N-dealkylation sites (tertiary alicyclic amines) is 1. The van der Waals surface area contributed by atoms with Crippen LogP contribution in [0.2, 0.25) is 0 Å². The monoisotopic (exact) mass is 316 g/mol. The topological polar surface area (TPSA) is 49.4 Å². The summed E-state index contributed by atoms with van der Waals surface area (Å²) < 4.78 is 13.3. The molecule has 1 heterocycles. The molecule has 122 valence electrons. The predicted octanol–water partition coefficient (Wildman–Crippen LogP) is 3.46. The van der Waals surface area contributed by atoms with Crippen molar-refractivity contribution in [1.29, 1.82) is 0 Å². The molecule has 1 aromatic carbocycles. The number of hydrogen-bond acceptors (Lipinski definition) is 2. The summed E-state index contributed by atoms with van der Waals surface area (Å²) in [6.45, 7) is 2.49. The summed E-state index contributed by atoms with van der Waals surface area (Å²) in [6, 6.07) is 5.91. The van der Waals surface area contributed by atoms with Crippen molar-refractivity contribution in [2.75, 3.05) is 11.9 Å². The summed E-state index contributed by atoms with van der Waals surface area (Å²) >= 11 is 0. The molecule has 1 aliphatic carbocycles. The van der Waals surface area contributed by atoms with E-state index in [1.807, 2.05) is 13.0 Å². The molecule has 0 spiro atoms. The van der Waals surface area contributed by atoms with Crippen molar-refractivity contribution < 1.29 is 14.0 Å². The summed E-state index contributed by atoms with van der Waals surface area (Å²) in [5.74, 6) is -0.441.